The Bertz CT molecular complexity index is 1200. The fourth-order valence-electron chi connectivity index (χ4n) is 3.93. The molecule has 5 rings (SSSR count). The number of H-pyrrole nitrogens is 1. The molecule has 11 heteroatoms. The van der Waals surface area contributed by atoms with Crippen LogP contribution in [0.5, 0.6) is 0 Å². The highest BCUT2D eigenvalue weighted by molar-refractivity contribution is 6.00. The topological polar surface area (TPSA) is 116 Å². The number of amides is 1. The predicted octanol–water partition coefficient (Wildman–Crippen LogP) is 3.74. The third-order valence-electron chi connectivity index (χ3n) is 5.63. The summed E-state index contributed by atoms with van der Waals surface area (Å²) in [6.07, 6.45) is -2.25. The maximum absolute atomic E-state index is 12.1. The smallest absolute Gasteiger partial charge is 0.475 e. The summed E-state index contributed by atoms with van der Waals surface area (Å²) in [6, 6.07) is 12.6. The summed E-state index contributed by atoms with van der Waals surface area (Å²) in [5.74, 6) is -1.88. The maximum Gasteiger partial charge on any atom is 0.490 e. The first-order valence-electron chi connectivity index (χ1n) is 10.8. The van der Waals surface area contributed by atoms with E-state index in [0.717, 1.165) is 71.7 Å². The number of ether oxygens (including phenoxy) is 1. The van der Waals surface area contributed by atoms with Crippen LogP contribution in [0.15, 0.2) is 36.4 Å². The van der Waals surface area contributed by atoms with E-state index in [1.165, 1.54) is 0 Å². The van der Waals surface area contributed by atoms with Crippen molar-refractivity contribution < 1.29 is 32.6 Å². The number of hydrogen-bond acceptors (Lipinski definition) is 5. The summed E-state index contributed by atoms with van der Waals surface area (Å²) in [5.41, 5.74) is 4.64. The minimum atomic E-state index is -5.08. The Morgan fingerprint density at radius 3 is 2.56 bits per heavy atom. The summed E-state index contributed by atoms with van der Waals surface area (Å²) in [6.45, 7) is 2.28. The number of carbonyl (C=O) groups excluding carboxylic acids is 1. The molecule has 34 heavy (non-hydrogen) atoms. The number of carboxylic acid groups (broad SMARTS) is 1. The highest BCUT2D eigenvalue weighted by Crippen LogP contribution is 2.30. The van der Waals surface area contributed by atoms with Gasteiger partial charge in [-0.2, -0.15) is 13.2 Å². The Morgan fingerprint density at radius 2 is 1.88 bits per heavy atom. The van der Waals surface area contributed by atoms with Crippen LogP contribution in [-0.4, -0.2) is 58.9 Å². The van der Waals surface area contributed by atoms with Crippen LogP contribution in [0.1, 0.15) is 28.9 Å². The zero-order valence-electron chi connectivity index (χ0n) is 18.0. The van der Waals surface area contributed by atoms with Gasteiger partial charge in [-0.25, -0.2) is 9.78 Å². The van der Waals surface area contributed by atoms with Crippen LogP contribution >= 0.6 is 0 Å². The predicted molar refractivity (Wildman–Crippen MR) is 119 cm³/mol. The van der Waals surface area contributed by atoms with Gasteiger partial charge in [-0.15, -0.1) is 0 Å². The van der Waals surface area contributed by atoms with Gasteiger partial charge in [0.1, 0.15) is 5.82 Å². The summed E-state index contributed by atoms with van der Waals surface area (Å²) in [7, 11) is 0. The van der Waals surface area contributed by atoms with E-state index in [2.05, 4.69) is 33.8 Å². The number of carbonyl (C=O) groups is 2. The van der Waals surface area contributed by atoms with Crippen molar-refractivity contribution in [2.24, 2.45) is 0 Å². The number of nitrogens with zero attached hydrogens (tertiary/aromatic N) is 1. The number of aliphatic carboxylic acids is 1. The second kappa shape index (κ2) is 9.72. The SMILES string of the molecule is O=C(O)C(F)(F)F.O=C1NCCc2[nH]c(-c3cccc4ccc(NC5CCOCC5)nc34)cc21. The van der Waals surface area contributed by atoms with Crippen LogP contribution in [0.4, 0.5) is 19.0 Å². The molecule has 0 bridgehead atoms. The number of aromatic nitrogens is 2. The molecule has 8 nitrogen and oxygen atoms in total. The molecule has 0 atom stereocenters. The number of fused-ring (bicyclic) bond motifs is 2. The number of hydrogen-bond donors (Lipinski definition) is 4. The normalized spacial score (nSPS) is 16.3. The number of para-hydroxylation sites is 1. The first kappa shape index (κ1) is 23.6. The van der Waals surface area contributed by atoms with Crippen molar-refractivity contribution in [1.29, 1.82) is 0 Å². The number of alkyl halides is 3. The molecule has 2 aliphatic heterocycles. The number of halogens is 3. The van der Waals surface area contributed by atoms with Gasteiger partial charge in [0.05, 0.1) is 11.1 Å². The van der Waals surface area contributed by atoms with Crippen molar-refractivity contribution in [2.45, 2.75) is 31.5 Å². The van der Waals surface area contributed by atoms with Crippen molar-refractivity contribution >= 4 is 28.6 Å². The molecular formula is C23H23F3N4O4. The molecule has 4 N–H and O–H groups in total. The molecule has 1 amide bonds. The zero-order chi connectivity index (χ0) is 24.3. The third kappa shape index (κ3) is 5.30. The van der Waals surface area contributed by atoms with Gasteiger partial charge in [0.2, 0.25) is 0 Å². The van der Waals surface area contributed by atoms with Crippen LogP contribution in [-0.2, 0) is 16.0 Å². The summed E-state index contributed by atoms with van der Waals surface area (Å²) < 4.78 is 37.2. The lowest BCUT2D eigenvalue weighted by Crippen LogP contribution is -2.31. The van der Waals surface area contributed by atoms with Crippen LogP contribution in [0.2, 0.25) is 0 Å². The first-order chi connectivity index (χ1) is 16.2. The van der Waals surface area contributed by atoms with Gasteiger partial charge in [-0.3, -0.25) is 4.79 Å². The molecule has 1 fully saturated rings. The van der Waals surface area contributed by atoms with Crippen molar-refractivity contribution in [3.05, 3.63) is 47.7 Å². The Morgan fingerprint density at radius 1 is 1.15 bits per heavy atom. The van der Waals surface area contributed by atoms with Crippen molar-refractivity contribution in [1.82, 2.24) is 15.3 Å². The number of anilines is 1. The molecule has 1 aromatic carbocycles. The summed E-state index contributed by atoms with van der Waals surface area (Å²) in [5, 5.41) is 14.7. The fourth-order valence-corrected chi connectivity index (χ4v) is 3.93. The van der Waals surface area contributed by atoms with Gasteiger partial charge in [0, 0.05) is 54.6 Å². The van der Waals surface area contributed by atoms with Crippen LogP contribution in [0.3, 0.4) is 0 Å². The maximum atomic E-state index is 12.1. The molecule has 180 valence electrons. The minimum absolute atomic E-state index is 0.00572. The van der Waals surface area contributed by atoms with Crippen LogP contribution in [0.25, 0.3) is 22.2 Å². The van der Waals surface area contributed by atoms with Crippen LogP contribution in [0, 0.1) is 0 Å². The minimum Gasteiger partial charge on any atom is -0.475 e. The summed E-state index contributed by atoms with van der Waals surface area (Å²) in [4.78, 5) is 29.3. The molecule has 2 aromatic heterocycles. The van der Waals surface area contributed by atoms with E-state index < -0.39 is 12.1 Å². The average Bonchev–Trinajstić information content (AvgIpc) is 3.25. The summed E-state index contributed by atoms with van der Waals surface area (Å²) >= 11 is 0. The quantitative estimate of drug-likeness (QED) is 0.458. The van der Waals surface area contributed by atoms with Crippen molar-refractivity contribution in [3.63, 3.8) is 0 Å². The molecule has 2 aliphatic rings. The Kier molecular flexibility index (Phi) is 6.73. The lowest BCUT2D eigenvalue weighted by Gasteiger charge is -2.23. The monoisotopic (exact) mass is 476 g/mol. The van der Waals surface area contributed by atoms with Gasteiger partial charge in [0.25, 0.3) is 5.91 Å². The largest absolute Gasteiger partial charge is 0.490 e. The van der Waals surface area contributed by atoms with Gasteiger partial charge in [-0.05, 0) is 31.0 Å². The second-order valence-electron chi connectivity index (χ2n) is 7.99. The van der Waals surface area contributed by atoms with E-state index in [9.17, 15) is 18.0 Å². The fraction of sp³-hybridized carbons (Fsp3) is 0.348. The molecule has 0 aliphatic carbocycles. The molecule has 0 unspecified atom stereocenters. The highest BCUT2D eigenvalue weighted by atomic mass is 19.4. The molecule has 3 aromatic rings. The highest BCUT2D eigenvalue weighted by Gasteiger charge is 2.38. The molecule has 0 saturated carbocycles. The van der Waals surface area contributed by atoms with Gasteiger partial charge in [-0.1, -0.05) is 18.2 Å². The number of rotatable bonds is 3. The molecule has 0 radical (unpaired) electrons. The number of pyridine rings is 1. The number of carboxylic acids is 1. The third-order valence-corrected chi connectivity index (χ3v) is 5.63. The van der Waals surface area contributed by atoms with Crippen molar-refractivity contribution in [2.75, 3.05) is 25.1 Å². The Labute approximate surface area is 192 Å². The van der Waals surface area contributed by atoms with E-state index in [1.807, 2.05) is 18.2 Å². The van der Waals surface area contributed by atoms with Crippen molar-refractivity contribution in [3.8, 4) is 11.3 Å². The first-order valence-corrected chi connectivity index (χ1v) is 10.8. The lowest BCUT2D eigenvalue weighted by molar-refractivity contribution is -0.192. The lowest BCUT2D eigenvalue weighted by atomic mass is 10.1. The van der Waals surface area contributed by atoms with Gasteiger partial charge >= 0.3 is 12.1 Å². The van der Waals surface area contributed by atoms with Gasteiger partial charge in [0.15, 0.2) is 0 Å². The Hall–Kier alpha value is -3.60. The zero-order valence-corrected chi connectivity index (χ0v) is 18.0. The van der Waals surface area contributed by atoms with E-state index >= 15 is 0 Å². The molecule has 0 spiro atoms. The number of aromatic amines is 1. The number of nitrogens with one attached hydrogen (secondary N) is 3. The van der Waals surface area contributed by atoms with E-state index in [-0.39, 0.29) is 5.91 Å². The average molecular weight is 476 g/mol. The molecular weight excluding hydrogens is 453 g/mol. The van der Waals surface area contributed by atoms with E-state index in [0.29, 0.717) is 12.6 Å². The molecule has 1 saturated heterocycles. The molecule has 4 heterocycles. The Balaban J connectivity index is 0.000000344. The van der Waals surface area contributed by atoms with Crippen LogP contribution < -0.4 is 10.6 Å². The van der Waals surface area contributed by atoms with E-state index in [1.54, 1.807) is 0 Å². The van der Waals surface area contributed by atoms with Gasteiger partial charge < -0.3 is 25.5 Å². The standard InChI is InChI=1S/C21H22N4O2.C2HF3O2/c26-21-16-12-18(24-17(16)6-9-22-21)15-3-1-2-13-4-5-19(25-20(13)15)23-14-7-10-27-11-8-14;3-2(4,5)1(6)7/h1-5,12,14,24H,6-11H2,(H,22,26)(H,23,25);(H,6,7). The second-order valence-corrected chi connectivity index (χ2v) is 7.99. The number of benzene rings is 1. The van der Waals surface area contributed by atoms with E-state index in [4.69, 9.17) is 19.6 Å².